The first-order valence-corrected chi connectivity index (χ1v) is 9.00. The second-order valence-electron chi connectivity index (χ2n) is 6.77. The van der Waals surface area contributed by atoms with Crippen LogP contribution in [0.1, 0.15) is 31.6 Å². The molecular formula is C20H22N4O2. The van der Waals surface area contributed by atoms with Crippen molar-refractivity contribution in [2.24, 2.45) is 5.92 Å². The zero-order chi connectivity index (χ0) is 17.9. The van der Waals surface area contributed by atoms with Crippen LogP contribution in [-0.2, 0) is 4.79 Å². The number of hydrogen-bond donors (Lipinski definition) is 1. The molecule has 1 aromatic carbocycles. The minimum atomic E-state index is -0.165. The number of fused-ring (bicyclic) bond motifs is 1. The molecule has 4 rings (SSSR count). The topological polar surface area (TPSA) is 71.3 Å². The third kappa shape index (κ3) is 3.40. The molecule has 0 bridgehead atoms. The highest BCUT2D eigenvalue weighted by Crippen LogP contribution is 2.25. The molecule has 1 fully saturated rings. The number of piperidine rings is 1. The normalized spacial score (nSPS) is 18.7. The second kappa shape index (κ2) is 7.15. The Morgan fingerprint density at radius 1 is 1.35 bits per heavy atom. The third-order valence-electron chi connectivity index (χ3n) is 4.90. The molecule has 1 amide bonds. The number of carbonyl (C=O) groups excluding carboxylic acids is 1. The second-order valence-corrected chi connectivity index (χ2v) is 6.77. The Hall–Kier alpha value is -2.89. The van der Waals surface area contributed by atoms with Crippen molar-refractivity contribution in [1.82, 2.24) is 15.3 Å². The summed E-state index contributed by atoms with van der Waals surface area (Å²) in [6.45, 7) is 3.53. The highest BCUT2D eigenvalue weighted by molar-refractivity contribution is 5.81. The lowest BCUT2D eigenvalue weighted by atomic mass is 9.96. The van der Waals surface area contributed by atoms with Gasteiger partial charge in [0, 0.05) is 30.9 Å². The van der Waals surface area contributed by atoms with Gasteiger partial charge in [-0.15, -0.1) is 0 Å². The quantitative estimate of drug-likeness (QED) is 0.781. The molecule has 1 N–H and O–H groups in total. The van der Waals surface area contributed by atoms with Crippen LogP contribution in [-0.4, -0.2) is 29.0 Å². The molecule has 2 aromatic heterocycles. The first kappa shape index (κ1) is 16.6. The molecule has 0 spiro atoms. The van der Waals surface area contributed by atoms with Crippen LogP contribution in [0, 0.1) is 5.92 Å². The van der Waals surface area contributed by atoms with Gasteiger partial charge in [-0.1, -0.05) is 18.2 Å². The van der Waals surface area contributed by atoms with Crippen LogP contribution < -0.4 is 10.2 Å². The summed E-state index contributed by atoms with van der Waals surface area (Å²) < 4.78 is 5.87. The summed E-state index contributed by atoms with van der Waals surface area (Å²) in [5.41, 5.74) is 0.843. The van der Waals surface area contributed by atoms with Gasteiger partial charge >= 0.3 is 0 Å². The smallest absolute Gasteiger partial charge is 0.225 e. The largest absolute Gasteiger partial charge is 0.459 e. The first-order chi connectivity index (χ1) is 12.7. The summed E-state index contributed by atoms with van der Waals surface area (Å²) >= 11 is 0. The summed E-state index contributed by atoms with van der Waals surface area (Å²) in [6, 6.07) is 9.70. The van der Waals surface area contributed by atoms with Gasteiger partial charge < -0.3 is 14.6 Å². The number of anilines is 1. The minimum absolute atomic E-state index is 0.0578. The van der Waals surface area contributed by atoms with Gasteiger partial charge in [0.05, 0.1) is 18.2 Å². The highest BCUT2D eigenvalue weighted by Gasteiger charge is 2.28. The fourth-order valence-corrected chi connectivity index (χ4v) is 3.47. The Kier molecular flexibility index (Phi) is 4.56. The third-order valence-corrected chi connectivity index (χ3v) is 4.90. The SMILES string of the molecule is CC(NC(=O)C1CCCN(c2cnccn2)C1)c1cc2ccccc2o1. The van der Waals surface area contributed by atoms with Crippen molar-refractivity contribution in [3.8, 4) is 0 Å². The van der Waals surface area contributed by atoms with E-state index >= 15 is 0 Å². The Morgan fingerprint density at radius 2 is 2.23 bits per heavy atom. The van der Waals surface area contributed by atoms with Crippen LogP contribution in [0.4, 0.5) is 5.82 Å². The molecule has 3 aromatic rings. The van der Waals surface area contributed by atoms with Crippen molar-refractivity contribution < 1.29 is 9.21 Å². The standard InChI is InChI=1S/C20H22N4O2/c1-14(18-11-15-5-2-3-7-17(15)26-18)23-20(25)16-6-4-10-24(13-16)19-12-21-8-9-22-19/h2-3,5,7-9,11-12,14,16H,4,6,10,13H2,1H3,(H,23,25). The Bertz CT molecular complexity index is 860. The predicted molar refractivity (Wildman–Crippen MR) is 99.7 cm³/mol. The lowest BCUT2D eigenvalue weighted by Gasteiger charge is -2.33. The number of nitrogens with zero attached hydrogens (tertiary/aromatic N) is 3. The minimum Gasteiger partial charge on any atom is -0.459 e. The van der Waals surface area contributed by atoms with Gasteiger partial charge in [-0.05, 0) is 31.9 Å². The maximum absolute atomic E-state index is 12.8. The molecule has 6 nitrogen and oxygen atoms in total. The zero-order valence-corrected chi connectivity index (χ0v) is 14.8. The number of benzene rings is 1. The molecular weight excluding hydrogens is 328 g/mol. The van der Waals surface area contributed by atoms with E-state index in [4.69, 9.17) is 4.42 Å². The lowest BCUT2D eigenvalue weighted by molar-refractivity contribution is -0.126. The summed E-state index contributed by atoms with van der Waals surface area (Å²) in [5.74, 6) is 1.61. The van der Waals surface area contributed by atoms with Crippen LogP contribution in [0.5, 0.6) is 0 Å². The molecule has 6 heteroatoms. The summed E-state index contributed by atoms with van der Waals surface area (Å²) in [6.07, 6.45) is 6.94. The molecule has 3 heterocycles. The summed E-state index contributed by atoms with van der Waals surface area (Å²) in [5, 5.41) is 4.15. The Labute approximate surface area is 152 Å². The van der Waals surface area contributed by atoms with Crippen molar-refractivity contribution in [1.29, 1.82) is 0 Å². The van der Waals surface area contributed by atoms with Gasteiger partial charge in [-0.2, -0.15) is 0 Å². The average molecular weight is 350 g/mol. The van der Waals surface area contributed by atoms with E-state index in [2.05, 4.69) is 20.2 Å². The molecule has 1 saturated heterocycles. The van der Waals surface area contributed by atoms with Gasteiger partial charge in [0.15, 0.2) is 0 Å². The van der Waals surface area contributed by atoms with Gasteiger partial charge in [-0.3, -0.25) is 9.78 Å². The Morgan fingerprint density at radius 3 is 3.04 bits per heavy atom. The molecule has 2 unspecified atom stereocenters. The zero-order valence-electron chi connectivity index (χ0n) is 14.8. The van der Waals surface area contributed by atoms with Crippen LogP contribution in [0.3, 0.4) is 0 Å². The van der Waals surface area contributed by atoms with Crippen molar-refractivity contribution >= 4 is 22.7 Å². The number of carbonyl (C=O) groups is 1. The van der Waals surface area contributed by atoms with E-state index in [0.717, 1.165) is 41.9 Å². The molecule has 0 aliphatic carbocycles. The number of hydrogen-bond acceptors (Lipinski definition) is 5. The van der Waals surface area contributed by atoms with Crippen molar-refractivity contribution in [3.05, 3.63) is 54.7 Å². The van der Waals surface area contributed by atoms with Crippen LogP contribution in [0.15, 0.2) is 53.3 Å². The van der Waals surface area contributed by atoms with E-state index in [-0.39, 0.29) is 17.9 Å². The molecule has 2 atom stereocenters. The molecule has 0 saturated carbocycles. The molecule has 26 heavy (non-hydrogen) atoms. The van der Waals surface area contributed by atoms with Gasteiger partial charge in [0.25, 0.3) is 0 Å². The highest BCUT2D eigenvalue weighted by atomic mass is 16.3. The van der Waals surface area contributed by atoms with Crippen LogP contribution in [0.25, 0.3) is 11.0 Å². The lowest BCUT2D eigenvalue weighted by Crippen LogP contribution is -2.44. The number of rotatable bonds is 4. The molecule has 1 aliphatic rings. The Balaban J connectivity index is 1.42. The van der Waals surface area contributed by atoms with Gasteiger partial charge in [-0.25, -0.2) is 4.98 Å². The summed E-state index contributed by atoms with van der Waals surface area (Å²) in [4.78, 5) is 23.4. The average Bonchev–Trinajstić information content (AvgIpc) is 3.13. The molecule has 1 aliphatic heterocycles. The monoisotopic (exact) mass is 350 g/mol. The van der Waals surface area contributed by atoms with E-state index in [1.807, 2.05) is 37.3 Å². The van der Waals surface area contributed by atoms with Crippen LogP contribution in [0.2, 0.25) is 0 Å². The fourth-order valence-electron chi connectivity index (χ4n) is 3.47. The number of amides is 1. The predicted octanol–water partition coefficient (Wildman–Crippen LogP) is 3.32. The van der Waals surface area contributed by atoms with Gasteiger partial charge in [0.1, 0.15) is 17.2 Å². The number of nitrogens with one attached hydrogen (secondary N) is 1. The molecule has 0 radical (unpaired) electrons. The number of para-hydroxylation sites is 1. The fraction of sp³-hybridized carbons (Fsp3) is 0.350. The molecule has 134 valence electrons. The van der Waals surface area contributed by atoms with Crippen molar-refractivity contribution in [2.45, 2.75) is 25.8 Å². The van der Waals surface area contributed by atoms with E-state index in [0.29, 0.717) is 6.54 Å². The van der Waals surface area contributed by atoms with Gasteiger partial charge in [0.2, 0.25) is 5.91 Å². The first-order valence-electron chi connectivity index (χ1n) is 9.00. The summed E-state index contributed by atoms with van der Waals surface area (Å²) in [7, 11) is 0. The van der Waals surface area contributed by atoms with E-state index < -0.39 is 0 Å². The van der Waals surface area contributed by atoms with Crippen molar-refractivity contribution in [2.75, 3.05) is 18.0 Å². The van der Waals surface area contributed by atoms with E-state index in [1.165, 1.54) is 0 Å². The van der Waals surface area contributed by atoms with Crippen LogP contribution >= 0.6 is 0 Å². The maximum Gasteiger partial charge on any atom is 0.225 e. The number of aromatic nitrogens is 2. The van der Waals surface area contributed by atoms with E-state index in [9.17, 15) is 4.79 Å². The number of furan rings is 1. The maximum atomic E-state index is 12.8. The van der Waals surface area contributed by atoms with E-state index in [1.54, 1.807) is 18.6 Å². The van der Waals surface area contributed by atoms with Crippen molar-refractivity contribution in [3.63, 3.8) is 0 Å².